The molecular formula is C13H17FN2O3. The number of amides is 2. The molecule has 2 N–H and O–H groups in total. The molecule has 0 radical (unpaired) electrons. The smallest absolute Gasteiger partial charge is 0.321 e. The molecule has 0 spiro atoms. The Bertz CT molecular complexity index is 467. The highest BCUT2D eigenvalue weighted by atomic mass is 19.1. The number of ether oxygens (including phenoxy) is 1. The second-order valence-corrected chi connectivity index (χ2v) is 4.40. The summed E-state index contributed by atoms with van der Waals surface area (Å²) in [7, 11) is 0. The van der Waals surface area contributed by atoms with Gasteiger partial charge in [0.15, 0.2) is 11.6 Å². The van der Waals surface area contributed by atoms with Crippen LogP contribution in [0.2, 0.25) is 0 Å². The Morgan fingerprint density at radius 1 is 1.63 bits per heavy atom. The Morgan fingerprint density at radius 2 is 2.42 bits per heavy atom. The van der Waals surface area contributed by atoms with Crippen LogP contribution in [0.4, 0.5) is 14.9 Å². The standard InChI is InChI=1S/C13H17FN2O3/c1-2-19-12-4-3-9(7-11(12)14)15-13(18)16-6-5-10(17)8-16/h3-4,7,10,17H,2,5-6,8H2,1H3,(H,15,18)/t10-/m1/s1. The van der Waals surface area contributed by atoms with E-state index in [1.165, 1.54) is 17.0 Å². The number of hydrogen-bond donors (Lipinski definition) is 2. The zero-order valence-electron chi connectivity index (χ0n) is 10.7. The molecule has 1 aromatic rings. The number of benzene rings is 1. The van der Waals surface area contributed by atoms with Crippen molar-refractivity contribution >= 4 is 11.7 Å². The van der Waals surface area contributed by atoms with Crippen molar-refractivity contribution in [1.82, 2.24) is 4.90 Å². The lowest BCUT2D eigenvalue weighted by molar-refractivity contribution is 0.176. The first-order valence-corrected chi connectivity index (χ1v) is 6.26. The van der Waals surface area contributed by atoms with Crippen molar-refractivity contribution in [1.29, 1.82) is 0 Å². The third-order valence-electron chi connectivity index (χ3n) is 2.93. The minimum atomic E-state index is -0.513. The second-order valence-electron chi connectivity index (χ2n) is 4.40. The average Bonchev–Trinajstić information content (AvgIpc) is 2.80. The highest BCUT2D eigenvalue weighted by Gasteiger charge is 2.24. The van der Waals surface area contributed by atoms with Crippen molar-refractivity contribution < 1.29 is 19.0 Å². The van der Waals surface area contributed by atoms with Crippen molar-refractivity contribution in [2.75, 3.05) is 25.0 Å². The molecule has 0 aromatic heterocycles. The molecule has 2 amide bonds. The summed E-state index contributed by atoms with van der Waals surface area (Å²) in [5.74, 6) is -0.349. The number of carbonyl (C=O) groups is 1. The summed E-state index contributed by atoms with van der Waals surface area (Å²) in [6.45, 7) is 2.97. The van der Waals surface area contributed by atoms with Gasteiger partial charge < -0.3 is 20.1 Å². The van der Waals surface area contributed by atoms with Gasteiger partial charge in [-0.2, -0.15) is 0 Å². The topological polar surface area (TPSA) is 61.8 Å². The molecule has 1 aliphatic rings. The van der Waals surface area contributed by atoms with E-state index in [4.69, 9.17) is 4.74 Å². The van der Waals surface area contributed by atoms with Gasteiger partial charge in [-0.05, 0) is 25.5 Å². The van der Waals surface area contributed by atoms with Crippen LogP contribution >= 0.6 is 0 Å². The molecule has 19 heavy (non-hydrogen) atoms. The van der Waals surface area contributed by atoms with Crippen LogP contribution < -0.4 is 10.1 Å². The monoisotopic (exact) mass is 268 g/mol. The number of anilines is 1. The zero-order valence-corrected chi connectivity index (χ0v) is 10.7. The van der Waals surface area contributed by atoms with Gasteiger partial charge in [-0.1, -0.05) is 0 Å². The molecule has 6 heteroatoms. The maximum Gasteiger partial charge on any atom is 0.321 e. The number of hydrogen-bond acceptors (Lipinski definition) is 3. The Kier molecular flexibility index (Phi) is 4.21. The van der Waals surface area contributed by atoms with Crippen molar-refractivity contribution in [3.05, 3.63) is 24.0 Å². The summed E-state index contributed by atoms with van der Waals surface area (Å²) in [5.41, 5.74) is 0.368. The number of nitrogens with one attached hydrogen (secondary N) is 1. The van der Waals surface area contributed by atoms with Gasteiger partial charge in [0, 0.05) is 24.8 Å². The first-order valence-electron chi connectivity index (χ1n) is 6.26. The summed E-state index contributed by atoms with van der Waals surface area (Å²) in [5, 5.41) is 12.0. The Morgan fingerprint density at radius 3 is 3.00 bits per heavy atom. The van der Waals surface area contributed by atoms with E-state index in [0.29, 0.717) is 31.8 Å². The number of β-amino-alcohol motifs (C(OH)–C–C–N with tert-alkyl or cyclic N) is 1. The lowest BCUT2D eigenvalue weighted by atomic mass is 10.3. The van der Waals surface area contributed by atoms with Gasteiger partial charge in [0.2, 0.25) is 0 Å². The number of carbonyl (C=O) groups excluding carboxylic acids is 1. The van der Waals surface area contributed by atoms with Gasteiger partial charge in [-0.3, -0.25) is 0 Å². The Hall–Kier alpha value is -1.82. The molecule has 0 unspecified atom stereocenters. The van der Waals surface area contributed by atoms with Crippen molar-refractivity contribution in [3.63, 3.8) is 0 Å². The highest BCUT2D eigenvalue weighted by Crippen LogP contribution is 2.21. The minimum absolute atomic E-state index is 0.164. The molecule has 1 aromatic carbocycles. The lowest BCUT2D eigenvalue weighted by Crippen LogP contribution is -2.33. The quantitative estimate of drug-likeness (QED) is 0.879. The molecule has 0 saturated carbocycles. The number of halogens is 1. The maximum atomic E-state index is 13.6. The Balaban J connectivity index is 1.99. The fourth-order valence-electron chi connectivity index (χ4n) is 1.98. The van der Waals surface area contributed by atoms with Crippen LogP contribution in [0.15, 0.2) is 18.2 Å². The van der Waals surface area contributed by atoms with E-state index in [9.17, 15) is 14.3 Å². The number of likely N-dealkylation sites (tertiary alicyclic amines) is 1. The SMILES string of the molecule is CCOc1ccc(NC(=O)N2CC[C@@H](O)C2)cc1F. The van der Waals surface area contributed by atoms with Crippen LogP contribution in [0, 0.1) is 5.82 Å². The maximum absolute atomic E-state index is 13.6. The molecule has 1 atom stereocenters. The van der Waals surface area contributed by atoms with Crippen LogP contribution in [-0.2, 0) is 0 Å². The second kappa shape index (κ2) is 5.88. The van der Waals surface area contributed by atoms with Crippen molar-refractivity contribution in [2.45, 2.75) is 19.4 Å². The van der Waals surface area contributed by atoms with E-state index in [-0.39, 0.29) is 11.8 Å². The van der Waals surface area contributed by atoms with Crippen LogP contribution in [0.5, 0.6) is 5.75 Å². The van der Waals surface area contributed by atoms with Crippen molar-refractivity contribution in [3.8, 4) is 5.75 Å². The molecule has 1 saturated heterocycles. The van der Waals surface area contributed by atoms with E-state index in [2.05, 4.69) is 5.32 Å². The van der Waals surface area contributed by atoms with E-state index < -0.39 is 11.9 Å². The van der Waals surface area contributed by atoms with E-state index >= 15 is 0 Å². The van der Waals surface area contributed by atoms with Gasteiger partial charge in [0.05, 0.1) is 12.7 Å². The van der Waals surface area contributed by atoms with Crippen molar-refractivity contribution in [2.24, 2.45) is 0 Å². The predicted molar refractivity (Wildman–Crippen MR) is 68.8 cm³/mol. The van der Waals surface area contributed by atoms with Crippen LogP contribution in [-0.4, -0.2) is 41.8 Å². The largest absolute Gasteiger partial charge is 0.491 e. The fraction of sp³-hybridized carbons (Fsp3) is 0.462. The molecule has 1 fully saturated rings. The number of aliphatic hydroxyl groups is 1. The number of nitrogens with zero attached hydrogens (tertiary/aromatic N) is 1. The molecule has 5 nitrogen and oxygen atoms in total. The lowest BCUT2D eigenvalue weighted by Gasteiger charge is -2.16. The van der Waals surface area contributed by atoms with Crippen LogP contribution in [0.25, 0.3) is 0 Å². The first kappa shape index (κ1) is 13.6. The minimum Gasteiger partial charge on any atom is -0.491 e. The molecular weight excluding hydrogens is 251 g/mol. The average molecular weight is 268 g/mol. The highest BCUT2D eigenvalue weighted by molar-refractivity contribution is 5.89. The summed E-state index contributed by atoms with van der Waals surface area (Å²) in [6, 6.07) is 3.95. The van der Waals surface area contributed by atoms with Gasteiger partial charge in [-0.15, -0.1) is 0 Å². The molecule has 1 heterocycles. The van der Waals surface area contributed by atoms with E-state index in [1.54, 1.807) is 13.0 Å². The molecule has 104 valence electrons. The summed E-state index contributed by atoms with van der Waals surface area (Å²) in [6.07, 6.45) is 0.105. The van der Waals surface area contributed by atoms with Crippen LogP contribution in [0.3, 0.4) is 0 Å². The zero-order chi connectivity index (χ0) is 13.8. The summed E-state index contributed by atoms with van der Waals surface area (Å²) in [4.78, 5) is 13.3. The fourth-order valence-corrected chi connectivity index (χ4v) is 1.98. The van der Waals surface area contributed by atoms with Gasteiger partial charge >= 0.3 is 6.03 Å². The molecule has 1 aliphatic heterocycles. The normalized spacial score (nSPS) is 18.5. The first-order chi connectivity index (χ1) is 9.10. The van der Waals surface area contributed by atoms with Gasteiger partial charge in [0.25, 0.3) is 0 Å². The predicted octanol–water partition coefficient (Wildman–Crippen LogP) is 1.82. The van der Waals surface area contributed by atoms with E-state index in [1.807, 2.05) is 0 Å². The number of rotatable bonds is 3. The van der Waals surface area contributed by atoms with Gasteiger partial charge in [-0.25, -0.2) is 9.18 Å². The van der Waals surface area contributed by atoms with Crippen LogP contribution in [0.1, 0.15) is 13.3 Å². The Labute approximate surface area is 111 Å². The molecule has 2 rings (SSSR count). The third kappa shape index (κ3) is 3.35. The number of urea groups is 1. The molecule has 0 bridgehead atoms. The summed E-state index contributed by atoms with van der Waals surface area (Å²) < 4.78 is 18.7. The molecule has 0 aliphatic carbocycles. The summed E-state index contributed by atoms with van der Waals surface area (Å²) >= 11 is 0. The third-order valence-corrected chi connectivity index (χ3v) is 2.93. The van der Waals surface area contributed by atoms with Gasteiger partial charge in [0.1, 0.15) is 0 Å². The van der Waals surface area contributed by atoms with E-state index in [0.717, 1.165) is 0 Å². The number of aliphatic hydroxyl groups excluding tert-OH is 1.